The summed E-state index contributed by atoms with van der Waals surface area (Å²) in [6.45, 7) is 6.22. The second-order valence-corrected chi connectivity index (χ2v) is 9.72. The van der Waals surface area contributed by atoms with Gasteiger partial charge in [-0.2, -0.15) is 0 Å². The number of nitrogens with one attached hydrogen (secondary N) is 1. The molecule has 1 saturated heterocycles. The van der Waals surface area contributed by atoms with Crippen LogP contribution in [0.1, 0.15) is 54.6 Å². The molecule has 1 fully saturated rings. The van der Waals surface area contributed by atoms with Crippen molar-refractivity contribution in [2.24, 2.45) is 5.92 Å². The number of hydrogen-bond donors (Lipinski definition) is 1. The molecule has 1 atom stereocenters. The van der Waals surface area contributed by atoms with Crippen LogP contribution in [0, 0.1) is 5.92 Å². The fourth-order valence-corrected chi connectivity index (χ4v) is 5.18. The van der Waals surface area contributed by atoms with Gasteiger partial charge in [0.15, 0.2) is 5.78 Å². The molecule has 0 saturated carbocycles. The Hall–Kier alpha value is -2.17. The van der Waals surface area contributed by atoms with Gasteiger partial charge in [-0.3, -0.25) is 14.5 Å². The van der Waals surface area contributed by atoms with Crippen LogP contribution in [-0.4, -0.2) is 36.2 Å². The van der Waals surface area contributed by atoms with Crippen molar-refractivity contribution in [3.8, 4) is 0 Å². The largest absolute Gasteiger partial charge is 0.325 e. The van der Waals surface area contributed by atoms with E-state index in [0.717, 1.165) is 31.5 Å². The van der Waals surface area contributed by atoms with Gasteiger partial charge in [-0.15, -0.1) is 0 Å². The lowest BCUT2D eigenvalue weighted by Crippen LogP contribution is -2.40. The first-order chi connectivity index (χ1) is 14.3. The first-order valence-electron chi connectivity index (χ1n) is 10.8. The Labute approximate surface area is 183 Å². The summed E-state index contributed by atoms with van der Waals surface area (Å²) in [5.74, 6) is 0.465. The lowest BCUT2D eigenvalue weighted by atomic mass is 9.76. The van der Waals surface area contributed by atoms with Gasteiger partial charge in [-0.1, -0.05) is 61.8 Å². The number of anilines is 1. The maximum Gasteiger partial charge on any atom is 0.225 e. The van der Waals surface area contributed by atoms with Crippen LogP contribution in [0.3, 0.4) is 0 Å². The van der Waals surface area contributed by atoms with Crippen molar-refractivity contribution in [3.05, 3.63) is 64.2 Å². The number of likely N-dealkylation sites (tertiary alicyclic amines) is 1. The minimum Gasteiger partial charge on any atom is -0.325 e. The van der Waals surface area contributed by atoms with Crippen LogP contribution in [0.5, 0.6) is 0 Å². The maximum absolute atomic E-state index is 13.3. The number of fused-ring (bicyclic) bond motifs is 1. The number of rotatable bonds is 5. The van der Waals surface area contributed by atoms with Crippen LogP contribution in [0.4, 0.5) is 5.69 Å². The average Bonchev–Trinajstić information content (AvgIpc) is 2.67. The summed E-state index contributed by atoms with van der Waals surface area (Å²) in [5, 5.41) is 3.33. The number of amides is 1. The highest BCUT2D eigenvalue weighted by molar-refractivity contribution is 6.35. The van der Waals surface area contributed by atoms with Crippen LogP contribution < -0.4 is 5.32 Å². The first kappa shape index (κ1) is 21.1. The Bertz CT molecular complexity index is 955. The lowest BCUT2D eigenvalue weighted by molar-refractivity contribution is -0.117. The van der Waals surface area contributed by atoms with Crippen molar-refractivity contribution < 1.29 is 9.59 Å². The SMILES string of the molecule is CC1(C)CC(=O)Nc2c1ccc(Cl)c2C(=O)CN1CCCC(Cc2ccccc2)C1. The van der Waals surface area contributed by atoms with Crippen LogP contribution in [0.15, 0.2) is 42.5 Å². The molecule has 1 unspecified atom stereocenters. The predicted octanol–water partition coefficient (Wildman–Crippen LogP) is 5.10. The Morgan fingerprint density at radius 3 is 2.73 bits per heavy atom. The molecule has 0 radical (unpaired) electrons. The van der Waals surface area contributed by atoms with E-state index in [1.54, 1.807) is 6.07 Å². The molecule has 2 aromatic carbocycles. The Balaban J connectivity index is 1.51. The van der Waals surface area contributed by atoms with E-state index < -0.39 is 0 Å². The molecule has 2 heterocycles. The number of carbonyl (C=O) groups is 2. The van der Waals surface area contributed by atoms with E-state index in [9.17, 15) is 9.59 Å². The minimum absolute atomic E-state index is 0.0183. The van der Waals surface area contributed by atoms with Gasteiger partial charge in [-0.05, 0) is 48.9 Å². The third-order valence-corrected chi connectivity index (χ3v) is 6.68. The fraction of sp³-hybridized carbons (Fsp3) is 0.440. The molecule has 4 nitrogen and oxygen atoms in total. The van der Waals surface area contributed by atoms with Crippen LogP contribution >= 0.6 is 11.6 Å². The van der Waals surface area contributed by atoms with E-state index in [0.29, 0.717) is 35.2 Å². The van der Waals surface area contributed by atoms with E-state index in [1.807, 2.05) is 26.0 Å². The molecule has 1 N–H and O–H groups in total. The molecule has 5 heteroatoms. The van der Waals surface area contributed by atoms with Crippen molar-refractivity contribution >= 4 is 29.0 Å². The third-order valence-electron chi connectivity index (χ3n) is 6.37. The van der Waals surface area contributed by atoms with Crippen molar-refractivity contribution in [2.75, 3.05) is 25.0 Å². The molecule has 0 bridgehead atoms. The summed E-state index contributed by atoms with van der Waals surface area (Å²) in [7, 11) is 0. The molecular weight excluding hydrogens is 396 g/mol. The smallest absolute Gasteiger partial charge is 0.225 e. The van der Waals surface area contributed by atoms with Gasteiger partial charge < -0.3 is 5.32 Å². The van der Waals surface area contributed by atoms with Crippen molar-refractivity contribution in [1.29, 1.82) is 0 Å². The summed E-state index contributed by atoms with van der Waals surface area (Å²) >= 11 is 6.46. The van der Waals surface area contributed by atoms with E-state index in [1.165, 1.54) is 12.0 Å². The molecule has 0 spiro atoms. The van der Waals surface area contributed by atoms with Crippen LogP contribution in [0.2, 0.25) is 5.02 Å². The standard InChI is InChI=1S/C25H29ClN2O2/c1-25(2)14-22(30)27-24-19(25)10-11-20(26)23(24)21(29)16-28-12-6-9-18(15-28)13-17-7-4-3-5-8-17/h3-5,7-8,10-11,18H,6,9,12-16H2,1-2H3,(H,27,30). The van der Waals surface area contributed by atoms with Crippen LogP contribution in [0.25, 0.3) is 0 Å². The molecular formula is C25H29ClN2O2. The van der Waals surface area contributed by atoms with E-state index in [-0.39, 0.29) is 17.1 Å². The quantitative estimate of drug-likeness (QED) is 0.679. The molecule has 158 valence electrons. The Morgan fingerprint density at radius 2 is 1.97 bits per heavy atom. The predicted molar refractivity (Wildman–Crippen MR) is 121 cm³/mol. The number of carbonyl (C=O) groups excluding carboxylic acids is 2. The fourth-order valence-electron chi connectivity index (χ4n) is 4.91. The molecule has 2 aliphatic heterocycles. The Kier molecular flexibility index (Phi) is 5.99. The van der Waals surface area contributed by atoms with Gasteiger partial charge in [0.2, 0.25) is 5.91 Å². The van der Waals surface area contributed by atoms with Crippen molar-refractivity contribution in [3.63, 3.8) is 0 Å². The van der Waals surface area contributed by atoms with Gasteiger partial charge in [0.25, 0.3) is 0 Å². The number of piperidine rings is 1. The summed E-state index contributed by atoms with van der Waals surface area (Å²) in [4.78, 5) is 27.8. The molecule has 0 aliphatic carbocycles. The molecule has 30 heavy (non-hydrogen) atoms. The second kappa shape index (κ2) is 8.52. The zero-order chi connectivity index (χ0) is 21.3. The number of Topliss-reactive ketones (excluding diaryl/α,β-unsaturated/α-hetero) is 1. The normalized spacial score (nSPS) is 21.0. The van der Waals surface area contributed by atoms with Crippen molar-refractivity contribution in [2.45, 2.75) is 44.9 Å². The molecule has 2 aromatic rings. The topological polar surface area (TPSA) is 49.4 Å². The number of benzene rings is 2. The van der Waals surface area contributed by atoms with Gasteiger partial charge >= 0.3 is 0 Å². The molecule has 0 aromatic heterocycles. The lowest BCUT2D eigenvalue weighted by Gasteiger charge is -2.35. The monoisotopic (exact) mass is 424 g/mol. The zero-order valence-electron chi connectivity index (χ0n) is 17.7. The van der Waals surface area contributed by atoms with Crippen LogP contribution in [-0.2, 0) is 16.6 Å². The third kappa shape index (κ3) is 4.45. The number of ketones is 1. The summed E-state index contributed by atoms with van der Waals surface area (Å²) in [6.07, 6.45) is 3.72. The molecule has 1 amide bonds. The maximum atomic E-state index is 13.3. The van der Waals surface area contributed by atoms with Gasteiger partial charge in [0.05, 0.1) is 22.8 Å². The second-order valence-electron chi connectivity index (χ2n) is 9.31. The number of nitrogens with zero attached hydrogens (tertiary/aromatic N) is 1. The van der Waals surface area contributed by atoms with Gasteiger partial charge in [0.1, 0.15) is 0 Å². The zero-order valence-corrected chi connectivity index (χ0v) is 18.5. The van der Waals surface area contributed by atoms with Gasteiger partial charge in [-0.25, -0.2) is 0 Å². The van der Waals surface area contributed by atoms with Gasteiger partial charge in [0, 0.05) is 18.4 Å². The highest BCUT2D eigenvalue weighted by atomic mass is 35.5. The number of halogens is 1. The highest BCUT2D eigenvalue weighted by Crippen LogP contribution is 2.41. The molecule has 2 aliphatic rings. The van der Waals surface area contributed by atoms with Crippen molar-refractivity contribution in [1.82, 2.24) is 4.90 Å². The molecule has 4 rings (SSSR count). The highest BCUT2D eigenvalue weighted by Gasteiger charge is 2.35. The summed E-state index contributed by atoms with van der Waals surface area (Å²) < 4.78 is 0. The number of hydrogen-bond acceptors (Lipinski definition) is 3. The van der Waals surface area contributed by atoms with E-state index in [2.05, 4.69) is 34.5 Å². The summed E-state index contributed by atoms with van der Waals surface area (Å²) in [5.41, 5.74) is 3.08. The average molecular weight is 425 g/mol. The Morgan fingerprint density at radius 1 is 1.20 bits per heavy atom. The van der Waals surface area contributed by atoms with E-state index in [4.69, 9.17) is 11.6 Å². The minimum atomic E-state index is -0.316. The van der Waals surface area contributed by atoms with E-state index >= 15 is 0 Å². The first-order valence-corrected chi connectivity index (χ1v) is 11.1. The summed E-state index contributed by atoms with van der Waals surface area (Å²) in [6, 6.07) is 14.3.